The summed E-state index contributed by atoms with van der Waals surface area (Å²) in [5.41, 5.74) is 3.40. The van der Waals surface area contributed by atoms with Gasteiger partial charge >= 0.3 is 0 Å². The molecule has 1 aliphatic carbocycles. The maximum atomic E-state index is 5.72. The molecule has 0 N–H and O–H groups in total. The molecule has 166 valence electrons. The quantitative estimate of drug-likeness (QED) is 0.412. The Morgan fingerprint density at radius 1 is 1.10 bits per heavy atom. The maximum absolute atomic E-state index is 5.72. The number of aryl methyl sites for hydroxylation is 2. The molecule has 2 heterocycles. The largest absolute Gasteiger partial charge is 0.496 e. The lowest BCUT2D eigenvalue weighted by Gasteiger charge is -2.24. The minimum Gasteiger partial charge on any atom is -0.496 e. The van der Waals surface area contributed by atoms with Gasteiger partial charge < -0.3 is 14.4 Å². The van der Waals surface area contributed by atoms with Gasteiger partial charge in [-0.3, -0.25) is 0 Å². The van der Waals surface area contributed by atoms with Crippen molar-refractivity contribution in [3.05, 3.63) is 28.1 Å². The summed E-state index contributed by atoms with van der Waals surface area (Å²) in [7, 11) is 3.33. The third-order valence-corrected chi connectivity index (χ3v) is 6.17. The molecule has 7 nitrogen and oxygen atoms in total. The van der Waals surface area contributed by atoms with Gasteiger partial charge in [-0.05, 0) is 51.2 Å². The summed E-state index contributed by atoms with van der Waals surface area (Å²) in [5.74, 6) is 3.78. The lowest BCUT2D eigenvalue weighted by molar-refractivity contribution is 0.397. The number of halogens is 1. The van der Waals surface area contributed by atoms with Gasteiger partial charge in [-0.2, -0.15) is 14.6 Å². The van der Waals surface area contributed by atoms with Crippen LogP contribution in [-0.2, 0) is 0 Å². The maximum Gasteiger partial charge on any atom is 0.230 e. The van der Waals surface area contributed by atoms with Gasteiger partial charge in [0.15, 0.2) is 5.65 Å². The summed E-state index contributed by atoms with van der Waals surface area (Å²) >= 11 is 3.54. The minimum atomic E-state index is 0.711. The molecule has 0 bridgehead atoms. The lowest BCUT2D eigenvalue weighted by Crippen LogP contribution is -2.30. The number of aromatic nitrogens is 4. The van der Waals surface area contributed by atoms with Gasteiger partial charge in [0, 0.05) is 17.6 Å². The Morgan fingerprint density at radius 3 is 2.35 bits per heavy atom. The van der Waals surface area contributed by atoms with E-state index in [1.807, 2.05) is 30.5 Å². The first-order valence-corrected chi connectivity index (χ1v) is 11.7. The van der Waals surface area contributed by atoms with E-state index in [2.05, 4.69) is 27.8 Å². The SMILES string of the molecule is CCCCN(CC1CC1)c1nc(C)nc2c(-c3c(OC)cc(Br)cc3OC)c(C)nn12. The van der Waals surface area contributed by atoms with Crippen LogP contribution < -0.4 is 14.4 Å². The molecule has 3 aromatic rings. The average Bonchev–Trinajstić information content (AvgIpc) is 3.51. The highest BCUT2D eigenvalue weighted by atomic mass is 79.9. The molecule has 31 heavy (non-hydrogen) atoms. The third-order valence-electron chi connectivity index (χ3n) is 5.72. The van der Waals surface area contributed by atoms with Gasteiger partial charge in [-0.15, -0.1) is 0 Å². The Balaban J connectivity index is 1.93. The predicted molar refractivity (Wildman–Crippen MR) is 126 cm³/mol. The summed E-state index contributed by atoms with van der Waals surface area (Å²) in [6.45, 7) is 8.16. The van der Waals surface area contributed by atoms with Gasteiger partial charge in [0.2, 0.25) is 5.95 Å². The third kappa shape index (κ3) is 4.35. The number of methoxy groups -OCH3 is 2. The van der Waals surface area contributed by atoms with E-state index in [-0.39, 0.29) is 0 Å². The van der Waals surface area contributed by atoms with Gasteiger partial charge in [-0.1, -0.05) is 29.3 Å². The summed E-state index contributed by atoms with van der Waals surface area (Å²) in [6, 6.07) is 3.88. The van der Waals surface area contributed by atoms with Crippen molar-refractivity contribution in [3.63, 3.8) is 0 Å². The monoisotopic (exact) mass is 487 g/mol. The molecule has 2 aromatic heterocycles. The highest BCUT2D eigenvalue weighted by Gasteiger charge is 2.28. The molecule has 8 heteroatoms. The Morgan fingerprint density at radius 2 is 1.77 bits per heavy atom. The van der Waals surface area contributed by atoms with Crippen LogP contribution in [0.4, 0.5) is 5.95 Å². The topological polar surface area (TPSA) is 64.8 Å². The molecular formula is C23H30BrN5O2. The predicted octanol–water partition coefficient (Wildman–Crippen LogP) is 5.20. The number of hydrogen-bond donors (Lipinski definition) is 0. The van der Waals surface area contributed by atoms with Crippen molar-refractivity contribution in [2.45, 2.75) is 46.5 Å². The van der Waals surface area contributed by atoms with E-state index in [0.29, 0.717) is 11.5 Å². The molecule has 0 radical (unpaired) electrons. The molecular weight excluding hydrogens is 458 g/mol. The van der Waals surface area contributed by atoms with Gasteiger partial charge in [0.05, 0.1) is 31.0 Å². The number of anilines is 1. The molecule has 4 rings (SSSR count). The number of benzene rings is 1. The van der Waals surface area contributed by atoms with Crippen molar-refractivity contribution in [2.75, 3.05) is 32.2 Å². The normalized spacial score (nSPS) is 13.6. The van der Waals surface area contributed by atoms with Crippen LogP contribution >= 0.6 is 15.9 Å². The van der Waals surface area contributed by atoms with Crippen molar-refractivity contribution in [1.82, 2.24) is 19.6 Å². The van der Waals surface area contributed by atoms with Crippen molar-refractivity contribution < 1.29 is 9.47 Å². The molecule has 1 aromatic carbocycles. The Labute approximate surface area is 191 Å². The average molecular weight is 488 g/mol. The number of rotatable bonds is 9. The minimum absolute atomic E-state index is 0.711. The first kappa shape index (κ1) is 21.9. The summed E-state index contributed by atoms with van der Waals surface area (Å²) in [5, 5.41) is 4.89. The van der Waals surface area contributed by atoms with Crippen molar-refractivity contribution in [3.8, 4) is 22.6 Å². The van der Waals surface area contributed by atoms with Crippen molar-refractivity contribution in [2.24, 2.45) is 5.92 Å². The van der Waals surface area contributed by atoms with Crippen molar-refractivity contribution >= 4 is 27.5 Å². The molecule has 1 aliphatic rings. The standard InChI is InChI=1S/C23H30BrN5O2/c1-6-7-10-28(13-16-8-9-16)23-26-15(3)25-22-20(14(2)27-29(22)23)21-18(30-4)11-17(24)12-19(21)31-5/h11-12,16H,6-10,13H2,1-5H3. The van der Waals surface area contributed by atoms with E-state index in [1.165, 1.54) is 12.8 Å². The highest BCUT2D eigenvalue weighted by molar-refractivity contribution is 9.10. The van der Waals surface area contributed by atoms with E-state index < -0.39 is 0 Å². The summed E-state index contributed by atoms with van der Waals surface area (Å²) in [4.78, 5) is 12.0. The highest BCUT2D eigenvalue weighted by Crippen LogP contribution is 2.44. The second kappa shape index (κ2) is 9.02. The van der Waals surface area contributed by atoms with E-state index in [1.54, 1.807) is 14.2 Å². The van der Waals surface area contributed by atoms with E-state index in [0.717, 1.165) is 70.6 Å². The smallest absolute Gasteiger partial charge is 0.230 e. The number of ether oxygens (including phenoxy) is 2. The molecule has 0 spiro atoms. The summed E-state index contributed by atoms with van der Waals surface area (Å²) < 4.78 is 14.2. The van der Waals surface area contributed by atoms with Crippen molar-refractivity contribution in [1.29, 1.82) is 0 Å². The van der Waals surface area contributed by atoms with E-state index in [4.69, 9.17) is 24.5 Å². The summed E-state index contributed by atoms with van der Waals surface area (Å²) in [6.07, 6.45) is 4.86. The number of nitrogens with zero attached hydrogens (tertiary/aromatic N) is 5. The zero-order valence-electron chi connectivity index (χ0n) is 18.9. The molecule has 0 saturated heterocycles. The molecule has 0 aliphatic heterocycles. The van der Waals surface area contributed by atoms with Gasteiger partial charge in [0.25, 0.3) is 0 Å². The first-order valence-electron chi connectivity index (χ1n) is 10.9. The lowest BCUT2D eigenvalue weighted by atomic mass is 10.0. The number of hydrogen-bond acceptors (Lipinski definition) is 6. The van der Waals surface area contributed by atoms with Crippen LogP contribution in [0, 0.1) is 19.8 Å². The number of fused-ring (bicyclic) bond motifs is 1. The van der Waals surface area contributed by atoms with Crippen LogP contribution in [0.2, 0.25) is 0 Å². The van der Waals surface area contributed by atoms with E-state index >= 15 is 0 Å². The fourth-order valence-corrected chi connectivity index (χ4v) is 4.40. The van der Waals surface area contributed by atoms with Gasteiger partial charge in [0.1, 0.15) is 17.3 Å². The fourth-order valence-electron chi connectivity index (χ4n) is 3.99. The molecule has 0 amide bonds. The Bertz CT molecular complexity index is 1070. The second-order valence-electron chi connectivity index (χ2n) is 8.19. The molecule has 0 atom stereocenters. The zero-order valence-corrected chi connectivity index (χ0v) is 20.5. The van der Waals surface area contributed by atoms with Crippen LogP contribution in [0.15, 0.2) is 16.6 Å². The van der Waals surface area contributed by atoms with Crippen LogP contribution in [-0.4, -0.2) is 46.9 Å². The van der Waals surface area contributed by atoms with Crippen LogP contribution in [0.25, 0.3) is 16.8 Å². The van der Waals surface area contributed by atoms with Gasteiger partial charge in [-0.25, -0.2) is 4.98 Å². The first-order chi connectivity index (χ1) is 15.0. The van der Waals surface area contributed by atoms with Crippen LogP contribution in [0.5, 0.6) is 11.5 Å². The molecule has 1 fully saturated rings. The Kier molecular flexibility index (Phi) is 6.36. The zero-order chi connectivity index (χ0) is 22.1. The molecule has 0 unspecified atom stereocenters. The number of unbranched alkanes of at least 4 members (excludes halogenated alkanes) is 1. The molecule has 1 saturated carbocycles. The fraction of sp³-hybridized carbons (Fsp3) is 0.522. The Hall–Kier alpha value is -2.35. The van der Waals surface area contributed by atoms with Crippen LogP contribution in [0.3, 0.4) is 0 Å². The van der Waals surface area contributed by atoms with Crippen LogP contribution in [0.1, 0.15) is 44.1 Å². The van der Waals surface area contributed by atoms with E-state index in [9.17, 15) is 0 Å². The second-order valence-corrected chi connectivity index (χ2v) is 9.11.